The van der Waals surface area contributed by atoms with Crippen LogP contribution >= 0.6 is 11.6 Å². The normalized spacial score (nSPS) is 17.1. The molecule has 2 N–H and O–H groups in total. The van der Waals surface area contributed by atoms with Gasteiger partial charge in [0.25, 0.3) is 5.69 Å². The van der Waals surface area contributed by atoms with Gasteiger partial charge < -0.3 is 15.2 Å². The Kier molecular flexibility index (Phi) is 5.90. The number of carbonyl (C=O) groups is 2. The summed E-state index contributed by atoms with van der Waals surface area (Å²) >= 11 is 6.00. The lowest BCUT2D eigenvalue weighted by Crippen LogP contribution is -2.37. The van der Waals surface area contributed by atoms with Crippen LogP contribution in [0, 0.1) is 10.1 Å². The molecule has 31 heavy (non-hydrogen) atoms. The molecule has 3 rings (SSSR count). The monoisotopic (exact) mass is 445 g/mol. The van der Waals surface area contributed by atoms with Crippen molar-refractivity contribution < 1.29 is 24.0 Å². The van der Waals surface area contributed by atoms with Crippen molar-refractivity contribution in [2.24, 2.45) is 5.73 Å². The molecule has 0 saturated heterocycles. The summed E-state index contributed by atoms with van der Waals surface area (Å²) in [5.74, 6) is -1.65. The summed E-state index contributed by atoms with van der Waals surface area (Å²) in [6, 6.07) is 11.2. The number of nitro benzene ring substituents is 1. The zero-order valence-electron chi connectivity index (χ0n) is 17.0. The first-order chi connectivity index (χ1) is 14.6. The van der Waals surface area contributed by atoms with E-state index in [-0.39, 0.29) is 22.8 Å². The lowest BCUT2D eigenvalue weighted by atomic mass is 9.81. The molecule has 1 unspecified atom stereocenters. The first-order valence-corrected chi connectivity index (χ1v) is 9.56. The van der Waals surface area contributed by atoms with Gasteiger partial charge in [0.1, 0.15) is 16.9 Å². The van der Waals surface area contributed by atoms with Gasteiger partial charge in [-0.15, -0.1) is 0 Å². The molecule has 9 nitrogen and oxygen atoms in total. The number of hydrogen-bond donors (Lipinski definition) is 1. The SMILES string of the molecule is COC(=O)C1=C(N(C(N)=O)c2ccccc2[N+](=O)[O-])OC(C)(C)C1c1ccc(Cl)cc1. The molecule has 2 amide bonds. The number of nitro groups is 1. The highest BCUT2D eigenvalue weighted by Crippen LogP contribution is 2.49. The Bertz CT molecular complexity index is 1080. The molecule has 0 spiro atoms. The standard InChI is InChI=1S/C21H20ClN3O6/c1-21(2)17(12-8-10-13(22)11-9-12)16(19(26)30-3)18(31-21)24(20(23)27)14-6-4-5-7-15(14)25(28)29/h4-11,17H,1-3H3,(H2,23,27). The number of primary amides is 1. The van der Waals surface area contributed by atoms with Crippen molar-refractivity contribution in [2.45, 2.75) is 25.4 Å². The van der Waals surface area contributed by atoms with Gasteiger partial charge in [-0.05, 0) is 37.6 Å². The maximum absolute atomic E-state index is 12.8. The molecule has 1 heterocycles. The molecule has 0 aliphatic carbocycles. The number of para-hydroxylation sites is 2. The van der Waals surface area contributed by atoms with E-state index in [0.29, 0.717) is 10.6 Å². The Morgan fingerprint density at radius 3 is 2.35 bits per heavy atom. The van der Waals surface area contributed by atoms with Crippen LogP contribution in [0.25, 0.3) is 0 Å². The number of ether oxygens (including phenoxy) is 2. The third kappa shape index (κ3) is 4.04. The van der Waals surface area contributed by atoms with Gasteiger partial charge in [-0.1, -0.05) is 35.9 Å². The molecule has 1 aliphatic rings. The van der Waals surface area contributed by atoms with Crippen molar-refractivity contribution in [3.8, 4) is 0 Å². The molecular weight excluding hydrogens is 426 g/mol. The summed E-state index contributed by atoms with van der Waals surface area (Å²) in [7, 11) is 1.19. The number of carbonyl (C=O) groups excluding carboxylic acids is 2. The molecule has 10 heteroatoms. The Balaban J connectivity index is 2.29. The van der Waals surface area contributed by atoms with Crippen molar-refractivity contribution >= 4 is 35.0 Å². The number of halogens is 1. The number of urea groups is 1. The van der Waals surface area contributed by atoms with Gasteiger partial charge >= 0.3 is 12.0 Å². The number of nitrogens with two attached hydrogens (primary N) is 1. The van der Waals surface area contributed by atoms with Crippen LogP contribution in [0.5, 0.6) is 0 Å². The summed E-state index contributed by atoms with van der Waals surface area (Å²) < 4.78 is 11.0. The number of rotatable bonds is 5. The van der Waals surface area contributed by atoms with E-state index in [2.05, 4.69) is 0 Å². The van der Waals surface area contributed by atoms with Gasteiger partial charge in [0, 0.05) is 11.1 Å². The fraction of sp³-hybridized carbons (Fsp3) is 0.238. The van der Waals surface area contributed by atoms with Gasteiger partial charge in [-0.25, -0.2) is 14.5 Å². The molecule has 0 saturated carbocycles. The van der Waals surface area contributed by atoms with E-state index < -0.39 is 28.4 Å². The van der Waals surface area contributed by atoms with Crippen molar-refractivity contribution in [3.63, 3.8) is 0 Å². The van der Waals surface area contributed by atoms with E-state index in [1.165, 1.54) is 31.4 Å². The number of amides is 2. The maximum Gasteiger partial charge on any atom is 0.339 e. The van der Waals surface area contributed by atoms with Crippen LogP contribution in [0.4, 0.5) is 16.2 Å². The number of anilines is 1. The Morgan fingerprint density at radius 2 is 1.81 bits per heavy atom. The fourth-order valence-electron chi connectivity index (χ4n) is 3.67. The average molecular weight is 446 g/mol. The fourth-order valence-corrected chi connectivity index (χ4v) is 3.80. The van der Waals surface area contributed by atoms with E-state index in [1.54, 1.807) is 38.1 Å². The predicted octanol–water partition coefficient (Wildman–Crippen LogP) is 4.11. The van der Waals surface area contributed by atoms with Gasteiger partial charge in [-0.3, -0.25) is 10.1 Å². The minimum absolute atomic E-state index is 0.00627. The molecule has 1 atom stereocenters. The third-order valence-electron chi connectivity index (χ3n) is 4.93. The van der Waals surface area contributed by atoms with Gasteiger partial charge in [0.05, 0.1) is 18.0 Å². The minimum Gasteiger partial charge on any atom is -0.471 e. The molecule has 2 aromatic carbocycles. The highest BCUT2D eigenvalue weighted by molar-refractivity contribution is 6.30. The largest absolute Gasteiger partial charge is 0.471 e. The molecule has 0 radical (unpaired) electrons. The Labute approximate surface area is 183 Å². The summed E-state index contributed by atoms with van der Waals surface area (Å²) in [6.07, 6.45) is 0. The van der Waals surface area contributed by atoms with Crippen LogP contribution in [0.3, 0.4) is 0 Å². The summed E-state index contributed by atoms with van der Waals surface area (Å²) in [4.78, 5) is 37.0. The van der Waals surface area contributed by atoms with Crippen molar-refractivity contribution in [1.82, 2.24) is 0 Å². The molecular formula is C21H20ClN3O6. The average Bonchev–Trinajstić information content (AvgIpc) is 2.99. The number of benzene rings is 2. The van der Waals surface area contributed by atoms with E-state index in [0.717, 1.165) is 4.90 Å². The van der Waals surface area contributed by atoms with Crippen LogP contribution in [-0.4, -0.2) is 29.6 Å². The van der Waals surface area contributed by atoms with E-state index in [4.69, 9.17) is 26.8 Å². The minimum atomic E-state index is -1.06. The van der Waals surface area contributed by atoms with Crippen LogP contribution < -0.4 is 10.6 Å². The number of hydrogen-bond acceptors (Lipinski definition) is 6. The highest BCUT2D eigenvalue weighted by atomic mass is 35.5. The number of esters is 1. The highest BCUT2D eigenvalue weighted by Gasteiger charge is 2.50. The first kappa shape index (κ1) is 22.1. The van der Waals surface area contributed by atoms with Gasteiger partial charge in [-0.2, -0.15) is 0 Å². The maximum atomic E-state index is 12.8. The molecule has 162 valence electrons. The van der Waals surface area contributed by atoms with Crippen LogP contribution in [0.2, 0.25) is 5.02 Å². The summed E-state index contributed by atoms with van der Waals surface area (Å²) in [5, 5.41) is 12.0. The van der Waals surface area contributed by atoms with Crippen molar-refractivity contribution in [3.05, 3.63) is 80.7 Å². The molecule has 0 aromatic heterocycles. The van der Waals surface area contributed by atoms with Crippen LogP contribution in [0.1, 0.15) is 25.3 Å². The second-order valence-electron chi connectivity index (χ2n) is 7.32. The summed E-state index contributed by atoms with van der Waals surface area (Å²) in [6.45, 7) is 3.45. The van der Waals surface area contributed by atoms with Gasteiger partial charge in [0.15, 0.2) is 0 Å². The zero-order chi connectivity index (χ0) is 22.9. The Morgan fingerprint density at radius 1 is 1.19 bits per heavy atom. The van der Waals surface area contributed by atoms with Crippen molar-refractivity contribution in [1.29, 1.82) is 0 Å². The second-order valence-corrected chi connectivity index (χ2v) is 7.76. The third-order valence-corrected chi connectivity index (χ3v) is 5.18. The second kappa shape index (κ2) is 8.27. The molecule has 0 fully saturated rings. The van der Waals surface area contributed by atoms with E-state index in [9.17, 15) is 19.7 Å². The topological polar surface area (TPSA) is 125 Å². The molecule has 1 aliphatic heterocycles. The van der Waals surface area contributed by atoms with Crippen molar-refractivity contribution in [2.75, 3.05) is 12.0 Å². The molecule has 0 bridgehead atoms. The van der Waals surface area contributed by atoms with E-state index in [1.807, 2.05) is 0 Å². The quantitative estimate of drug-likeness (QED) is 0.419. The number of nitrogens with zero attached hydrogens (tertiary/aromatic N) is 2. The number of methoxy groups -OCH3 is 1. The van der Waals surface area contributed by atoms with Crippen LogP contribution in [0.15, 0.2) is 60.0 Å². The Hall–Kier alpha value is -3.59. The van der Waals surface area contributed by atoms with Crippen LogP contribution in [-0.2, 0) is 14.3 Å². The molecule has 2 aromatic rings. The lowest BCUT2D eigenvalue weighted by molar-refractivity contribution is -0.384. The smallest absolute Gasteiger partial charge is 0.339 e. The predicted molar refractivity (Wildman–Crippen MR) is 114 cm³/mol. The first-order valence-electron chi connectivity index (χ1n) is 9.18. The zero-order valence-corrected chi connectivity index (χ0v) is 17.8. The lowest BCUT2D eigenvalue weighted by Gasteiger charge is -2.29. The van der Waals surface area contributed by atoms with Gasteiger partial charge in [0.2, 0.25) is 5.88 Å². The summed E-state index contributed by atoms with van der Waals surface area (Å²) in [5.41, 5.74) is 4.74. The van der Waals surface area contributed by atoms with E-state index >= 15 is 0 Å².